The number of halogens is 1. The Kier molecular flexibility index (Phi) is 7.17. The van der Waals surface area contributed by atoms with Crippen LogP contribution in [-0.2, 0) is 11.3 Å². The molecule has 0 aromatic heterocycles. The average Bonchev–Trinajstić information content (AvgIpc) is 2.85. The highest BCUT2D eigenvalue weighted by atomic mass is 35.5. The molecule has 1 saturated heterocycles. The topological polar surface area (TPSA) is 47.6 Å². The Morgan fingerprint density at radius 3 is 2.16 bits per heavy atom. The predicted molar refractivity (Wildman–Crippen MR) is 155 cm³/mol. The molecule has 37 heavy (non-hydrogen) atoms. The van der Waals surface area contributed by atoms with Crippen LogP contribution in [0.25, 0.3) is 0 Å². The maximum Gasteiger partial charge on any atom is 0.226 e. The molecule has 0 unspecified atom stereocenters. The van der Waals surface area contributed by atoms with E-state index in [0.717, 1.165) is 61.2 Å². The summed E-state index contributed by atoms with van der Waals surface area (Å²) in [6.45, 7) is 4.87. The molecule has 2 N–H and O–H groups in total. The Bertz CT molecular complexity index is 1110. The predicted octanol–water partition coefficient (Wildman–Crippen LogP) is 6.08. The van der Waals surface area contributed by atoms with E-state index in [1.165, 1.54) is 49.8 Å². The van der Waals surface area contributed by atoms with Gasteiger partial charge in [0.1, 0.15) is 0 Å². The molecule has 0 radical (unpaired) electrons. The van der Waals surface area contributed by atoms with Crippen molar-refractivity contribution in [2.75, 3.05) is 36.4 Å². The van der Waals surface area contributed by atoms with Gasteiger partial charge in [0.05, 0.1) is 0 Å². The van der Waals surface area contributed by atoms with Gasteiger partial charge in [-0.3, -0.25) is 9.69 Å². The largest absolute Gasteiger partial charge is 0.369 e. The lowest BCUT2D eigenvalue weighted by Gasteiger charge is -2.56. The number of piperazine rings is 1. The SMILES string of the molecule is O=C(CC12CC3CC(CC(C3)C1)C2)NC(=S)Nc1ccc(N2CCN(Cc3ccccc3Cl)CC2)cc1. The van der Waals surface area contributed by atoms with E-state index in [9.17, 15) is 4.79 Å². The molecule has 2 aromatic rings. The molecule has 5 fully saturated rings. The van der Waals surface area contributed by atoms with E-state index in [1.54, 1.807) is 0 Å². The number of rotatable bonds is 6. The molecule has 4 aliphatic carbocycles. The highest BCUT2D eigenvalue weighted by Gasteiger charge is 2.51. The quantitative estimate of drug-likeness (QED) is 0.438. The Labute approximate surface area is 230 Å². The number of nitrogens with one attached hydrogen (secondary N) is 2. The normalized spacial score (nSPS) is 28.8. The van der Waals surface area contributed by atoms with Gasteiger partial charge in [0, 0.05) is 55.5 Å². The molecule has 5 aliphatic rings. The molecule has 7 heteroatoms. The average molecular weight is 537 g/mol. The van der Waals surface area contributed by atoms with Crippen LogP contribution in [0.2, 0.25) is 5.02 Å². The van der Waals surface area contributed by atoms with Crippen molar-refractivity contribution in [3.8, 4) is 0 Å². The van der Waals surface area contributed by atoms with Crippen molar-refractivity contribution in [2.45, 2.75) is 51.5 Å². The van der Waals surface area contributed by atoms with Gasteiger partial charge in [0.2, 0.25) is 5.91 Å². The number of benzene rings is 2. The summed E-state index contributed by atoms with van der Waals surface area (Å²) < 4.78 is 0. The number of hydrogen-bond donors (Lipinski definition) is 2. The molecule has 0 spiro atoms. The van der Waals surface area contributed by atoms with E-state index in [-0.39, 0.29) is 11.3 Å². The van der Waals surface area contributed by atoms with Crippen LogP contribution in [0.1, 0.15) is 50.5 Å². The standard InChI is InChI=1S/C30H37ClN4OS/c31-27-4-2-1-3-24(27)20-34-9-11-35(12-10-34)26-7-5-25(6-8-26)32-29(37)33-28(36)19-30-16-21-13-22(17-30)15-23(14-21)18-30/h1-8,21-23H,9-20H2,(H2,32,33,36,37). The highest BCUT2D eigenvalue weighted by Crippen LogP contribution is 2.61. The molecule has 196 valence electrons. The van der Waals surface area contributed by atoms with Gasteiger partial charge >= 0.3 is 0 Å². The highest BCUT2D eigenvalue weighted by molar-refractivity contribution is 7.80. The van der Waals surface area contributed by atoms with Crippen molar-refractivity contribution < 1.29 is 4.79 Å². The third kappa shape index (κ3) is 5.81. The molecule has 5 nitrogen and oxygen atoms in total. The Hall–Kier alpha value is -2.15. The molecule has 1 aliphatic heterocycles. The second-order valence-corrected chi connectivity index (χ2v) is 12.8. The summed E-state index contributed by atoms with van der Waals surface area (Å²) in [6, 6.07) is 16.4. The van der Waals surface area contributed by atoms with Crippen molar-refractivity contribution in [3.63, 3.8) is 0 Å². The van der Waals surface area contributed by atoms with Crippen LogP contribution in [0.3, 0.4) is 0 Å². The number of thiocarbonyl (C=S) groups is 1. The van der Waals surface area contributed by atoms with E-state index < -0.39 is 0 Å². The lowest BCUT2D eigenvalue weighted by atomic mass is 9.49. The summed E-state index contributed by atoms with van der Waals surface area (Å²) in [5.74, 6) is 2.64. The molecule has 1 heterocycles. The second kappa shape index (κ2) is 10.5. The monoisotopic (exact) mass is 536 g/mol. The zero-order valence-electron chi connectivity index (χ0n) is 21.4. The Morgan fingerprint density at radius 1 is 0.919 bits per heavy atom. The van der Waals surface area contributed by atoms with Gasteiger partial charge in [-0.05, 0) is 110 Å². The van der Waals surface area contributed by atoms with Crippen LogP contribution in [0.5, 0.6) is 0 Å². The van der Waals surface area contributed by atoms with Crippen molar-refractivity contribution >= 4 is 46.2 Å². The van der Waals surface area contributed by atoms with Crippen molar-refractivity contribution in [3.05, 3.63) is 59.1 Å². The first-order chi connectivity index (χ1) is 17.9. The van der Waals surface area contributed by atoms with E-state index in [2.05, 4.69) is 38.6 Å². The second-order valence-electron chi connectivity index (χ2n) is 12.0. The third-order valence-electron chi connectivity index (χ3n) is 9.17. The third-order valence-corrected chi connectivity index (χ3v) is 9.74. The first-order valence-corrected chi connectivity index (χ1v) is 14.6. The van der Waals surface area contributed by atoms with E-state index in [1.807, 2.05) is 30.3 Å². The van der Waals surface area contributed by atoms with Gasteiger partial charge in [-0.15, -0.1) is 0 Å². The van der Waals surface area contributed by atoms with Gasteiger partial charge in [0.15, 0.2) is 5.11 Å². The lowest BCUT2D eigenvalue weighted by Crippen LogP contribution is -2.48. The van der Waals surface area contributed by atoms with Crippen molar-refractivity contribution in [2.24, 2.45) is 23.2 Å². The summed E-state index contributed by atoms with van der Waals surface area (Å²) in [5.41, 5.74) is 3.53. The van der Waals surface area contributed by atoms with Gasteiger partial charge in [-0.1, -0.05) is 29.8 Å². The smallest absolute Gasteiger partial charge is 0.226 e. The van der Waals surface area contributed by atoms with Crippen LogP contribution in [-0.4, -0.2) is 42.1 Å². The van der Waals surface area contributed by atoms with Crippen LogP contribution in [0.4, 0.5) is 11.4 Å². The van der Waals surface area contributed by atoms with Gasteiger partial charge in [-0.25, -0.2) is 0 Å². The number of carbonyl (C=O) groups is 1. The first-order valence-electron chi connectivity index (χ1n) is 13.8. The Balaban J connectivity index is 0.964. The van der Waals surface area contributed by atoms with Crippen LogP contribution in [0.15, 0.2) is 48.5 Å². The molecular weight excluding hydrogens is 500 g/mol. The molecule has 1 amide bonds. The van der Waals surface area contributed by atoms with Crippen LogP contribution < -0.4 is 15.5 Å². The van der Waals surface area contributed by atoms with Crippen molar-refractivity contribution in [1.29, 1.82) is 0 Å². The summed E-state index contributed by atoms with van der Waals surface area (Å²) in [5, 5.41) is 7.42. The molecule has 7 rings (SSSR count). The minimum Gasteiger partial charge on any atom is -0.369 e. The minimum absolute atomic E-state index is 0.0748. The van der Waals surface area contributed by atoms with Crippen molar-refractivity contribution in [1.82, 2.24) is 10.2 Å². The summed E-state index contributed by atoms with van der Waals surface area (Å²) >= 11 is 11.8. The lowest BCUT2D eigenvalue weighted by molar-refractivity contribution is -0.127. The van der Waals surface area contributed by atoms with Crippen LogP contribution >= 0.6 is 23.8 Å². The molecule has 4 saturated carbocycles. The fraction of sp³-hybridized carbons (Fsp3) is 0.533. The van der Waals surface area contributed by atoms with Crippen LogP contribution in [0, 0.1) is 23.2 Å². The number of anilines is 2. The molecule has 0 atom stereocenters. The zero-order chi connectivity index (χ0) is 25.4. The van der Waals surface area contributed by atoms with E-state index in [4.69, 9.17) is 23.8 Å². The number of hydrogen-bond acceptors (Lipinski definition) is 4. The number of nitrogens with zero attached hydrogens (tertiary/aromatic N) is 2. The zero-order valence-corrected chi connectivity index (χ0v) is 23.0. The Morgan fingerprint density at radius 2 is 1.54 bits per heavy atom. The number of carbonyl (C=O) groups excluding carboxylic acids is 1. The number of amides is 1. The van der Waals surface area contributed by atoms with Gasteiger partial charge < -0.3 is 15.5 Å². The first kappa shape index (κ1) is 25.1. The molecule has 4 bridgehead atoms. The maximum atomic E-state index is 12.9. The fourth-order valence-electron chi connectivity index (χ4n) is 7.97. The molecule has 2 aromatic carbocycles. The summed E-state index contributed by atoms with van der Waals surface area (Å²) in [4.78, 5) is 17.8. The minimum atomic E-state index is 0.0748. The maximum absolute atomic E-state index is 12.9. The van der Waals surface area contributed by atoms with Gasteiger partial charge in [-0.2, -0.15) is 0 Å². The summed E-state index contributed by atoms with van der Waals surface area (Å²) in [7, 11) is 0. The van der Waals surface area contributed by atoms with Gasteiger partial charge in [0.25, 0.3) is 0 Å². The van der Waals surface area contributed by atoms with E-state index in [0.29, 0.717) is 11.5 Å². The van der Waals surface area contributed by atoms with E-state index >= 15 is 0 Å². The molecular formula is C30H37ClN4OS. The fourth-order valence-corrected chi connectivity index (χ4v) is 8.39. The summed E-state index contributed by atoms with van der Waals surface area (Å²) in [6.07, 6.45) is 8.53.